The van der Waals surface area contributed by atoms with Crippen molar-refractivity contribution in [1.82, 2.24) is 5.32 Å². The van der Waals surface area contributed by atoms with Crippen LogP contribution in [0.2, 0.25) is 0 Å². The van der Waals surface area contributed by atoms with E-state index in [2.05, 4.69) is 15.3 Å². The summed E-state index contributed by atoms with van der Waals surface area (Å²) in [6, 6.07) is 0. The standard InChI is InChI=1S/C21H42N4O9/c1-21(2,3)34-20(26)23-4-6-27-8-10-29-12-14-31-16-18-33-19-17-32-15-13-30-11-9-28-7-5-24-25-22/h4-19H2,1-3H3,(H,23,26). The monoisotopic (exact) mass is 494 g/mol. The minimum atomic E-state index is -0.508. The van der Waals surface area contributed by atoms with Gasteiger partial charge in [0, 0.05) is 18.0 Å². The van der Waals surface area contributed by atoms with Crippen LogP contribution >= 0.6 is 0 Å². The number of hydrogen-bond donors (Lipinski definition) is 1. The van der Waals surface area contributed by atoms with Crippen LogP contribution in [0.15, 0.2) is 5.11 Å². The molecule has 0 aliphatic carbocycles. The summed E-state index contributed by atoms with van der Waals surface area (Å²) in [6.07, 6.45) is -0.453. The number of ether oxygens (including phenoxy) is 8. The Balaban J connectivity index is 3.11. The second kappa shape index (κ2) is 24.4. The lowest BCUT2D eigenvalue weighted by molar-refractivity contribution is -0.0202. The zero-order valence-electron chi connectivity index (χ0n) is 20.8. The molecule has 0 unspecified atom stereocenters. The molecule has 13 heteroatoms. The topological polar surface area (TPSA) is 152 Å². The predicted octanol–water partition coefficient (Wildman–Crippen LogP) is 1.94. The number of rotatable bonds is 24. The van der Waals surface area contributed by atoms with Crippen LogP contribution in [0.1, 0.15) is 20.8 Å². The smallest absolute Gasteiger partial charge is 0.407 e. The first-order chi connectivity index (χ1) is 16.5. The summed E-state index contributed by atoms with van der Waals surface area (Å²) in [5.41, 5.74) is 7.60. The fourth-order valence-electron chi connectivity index (χ4n) is 2.11. The Bertz CT molecular complexity index is 515. The van der Waals surface area contributed by atoms with Gasteiger partial charge in [-0.1, -0.05) is 5.11 Å². The lowest BCUT2D eigenvalue weighted by Gasteiger charge is -2.19. The summed E-state index contributed by atoms with van der Waals surface area (Å²) in [6.45, 7) is 12.6. The molecule has 1 N–H and O–H groups in total. The number of nitrogens with zero attached hydrogens (tertiary/aromatic N) is 3. The third kappa shape index (κ3) is 28.3. The molecule has 0 saturated heterocycles. The predicted molar refractivity (Wildman–Crippen MR) is 124 cm³/mol. The van der Waals surface area contributed by atoms with Crippen LogP contribution in [0, 0.1) is 0 Å². The maximum Gasteiger partial charge on any atom is 0.407 e. The molecule has 0 fully saturated rings. The molecule has 200 valence electrons. The van der Waals surface area contributed by atoms with E-state index in [4.69, 9.17) is 43.4 Å². The third-order valence-electron chi connectivity index (χ3n) is 3.55. The molecule has 0 rings (SSSR count). The van der Waals surface area contributed by atoms with Gasteiger partial charge in [-0.3, -0.25) is 0 Å². The number of carbonyl (C=O) groups is 1. The first-order valence-corrected chi connectivity index (χ1v) is 11.5. The number of azide groups is 1. The lowest BCUT2D eigenvalue weighted by atomic mass is 10.2. The second-order valence-electron chi connectivity index (χ2n) is 7.67. The van der Waals surface area contributed by atoms with Gasteiger partial charge in [0.25, 0.3) is 0 Å². The maximum atomic E-state index is 11.4. The van der Waals surface area contributed by atoms with Crippen molar-refractivity contribution < 1.29 is 42.7 Å². The maximum absolute atomic E-state index is 11.4. The summed E-state index contributed by atoms with van der Waals surface area (Å²) >= 11 is 0. The highest BCUT2D eigenvalue weighted by atomic mass is 16.6. The molecule has 0 bridgehead atoms. The Morgan fingerprint density at radius 1 is 0.676 bits per heavy atom. The molecule has 1 amide bonds. The van der Waals surface area contributed by atoms with Crippen molar-refractivity contribution in [2.75, 3.05) is 106 Å². The van der Waals surface area contributed by atoms with E-state index in [0.29, 0.717) is 106 Å². The Labute approximate surface area is 202 Å². The molecule has 0 saturated carbocycles. The molecule has 0 aliphatic rings. The molecule has 0 radical (unpaired) electrons. The zero-order chi connectivity index (χ0) is 25.2. The van der Waals surface area contributed by atoms with Gasteiger partial charge in [0.2, 0.25) is 0 Å². The number of nitrogens with one attached hydrogen (secondary N) is 1. The number of carbonyl (C=O) groups excluding carboxylic acids is 1. The van der Waals surface area contributed by atoms with E-state index in [9.17, 15) is 4.79 Å². The van der Waals surface area contributed by atoms with Crippen molar-refractivity contribution >= 4 is 6.09 Å². The Hall–Kier alpha value is -1.70. The van der Waals surface area contributed by atoms with Gasteiger partial charge in [0.05, 0.1) is 92.5 Å². The third-order valence-corrected chi connectivity index (χ3v) is 3.55. The summed E-state index contributed by atoms with van der Waals surface area (Å²) in [4.78, 5) is 14.1. The van der Waals surface area contributed by atoms with E-state index in [1.807, 2.05) is 20.8 Å². The molecule has 0 aromatic carbocycles. The van der Waals surface area contributed by atoms with Gasteiger partial charge in [-0.25, -0.2) is 4.79 Å². The molecule has 34 heavy (non-hydrogen) atoms. The van der Waals surface area contributed by atoms with Crippen molar-refractivity contribution in [1.29, 1.82) is 0 Å². The highest BCUT2D eigenvalue weighted by molar-refractivity contribution is 5.67. The van der Waals surface area contributed by atoms with Crippen molar-refractivity contribution in [3.05, 3.63) is 10.4 Å². The van der Waals surface area contributed by atoms with Gasteiger partial charge in [-0.05, 0) is 26.3 Å². The molecule has 0 heterocycles. The van der Waals surface area contributed by atoms with Crippen LogP contribution in [0.4, 0.5) is 4.79 Å². The van der Waals surface area contributed by atoms with Crippen LogP contribution in [0.5, 0.6) is 0 Å². The van der Waals surface area contributed by atoms with Crippen molar-refractivity contribution in [2.24, 2.45) is 5.11 Å². The average Bonchev–Trinajstić information content (AvgIpc) is 2.78. The van der Waals surface area contributed by atoms with Crippen LogP contribution in [0.25, 0.3) is 10.4 Å². The molecule has 0 atom stereocenters. The fraction of sp³-hybridized carbons (Fsp3) is 0.952. The molecule has 0 aliphatic heterocycles. The van der Waals surface area contributed by atoms with Crippen LogP contribution in [0.3, 0.4) is 0 Å². The number of amides is 1. The lowest BCUT2D eigenvalue weighted by Crippen LogP contribution is -2.34. The van der Waals surface area contributed by atoms with Crippen LogP contribution in [-0.2, 0) is 37.9 Å². The Morgan fingerprint density at radius 3 is 1.38 bits per heavy atom. The van der Waals surface area contributed by atoms with Gasteiger partial charge < -0.3 is 43.2 Å². The minimum Gasteiger partial charge on any atom is -0.444 e. The van der Waals surface area contributed by atoms with E-state index < -0.39 is 11.7 Å². The number of hydrogen-bond acceptors (Lipinski definition) is 10. The second-order valence-corrected chi connectivity index (χ2v) is 7.67. The SMILES string of the molecule is CC(C)(C)OC(=O)NCCOCCOCCOCCOCCOCCOCCOCCN=[N+]=[N-]. The van der Waals surface area contributed by atoms with Crippen LogP contribution in [-0.4, -0.2) is 117 Å². The van der Waals surface area contributed by atoms with Gasteiger partial charge in [-0.15, -0.1) is 0 Å². The minimum absolute atomic E-state index is 0.326. The van der Waals surface area contributed by atoms with Gasteiger partial charge >= 0.3 is 6.09 Å². The molecule has 0 spiro atoms. The summed E-state index contributed by atoms with van der Waals surface area (Å²) in [5.74, 6) is 0. The molecule has 0 aromatic heterocycles. The quantitative estimate of drug-likeness (QED) is 0.0918. The van der Waals surface area contributed by atoms with Crippen molar-refractivity contribution in [3.8, 4) is 0 Å². The fourth-order valence-corrected chi connectivity index (χ4v) is 2.11. The average molecular weight is 495 g/mol. The highest BCUT2D eigenvalue weighted by Crippen LogP contribution is 2.06. The number of alkyl carbamates (subject to hydrolysis) is 1. The van der Waals surface area contributed by atoms with E-state index >= 15 is 0 Å². The molecular weight excluding hydrogens is 452 g/mol. The Kier molecular flexibility index (Phi) is 23.2. The molecule has 0 aromatic rings. The van der Waals surface area contributed by atoms with Crippen molar-refractivity contribution in [2.45, 2.75) is 26.4 Å². The molecule has 13 nitrogen and oxygen atoms in total. The van der Waals surface area contributed by atoms with Gasteiger partial charge in [-0.2, -0.15) is 0 Å². The Morgan fingerprint density at radius 2 is 1.03 bits per heavy atom. The van der Waals surface area contributed by atoms with Crippen molar-refractivity contribution in [3.63, 3.8) is 0 Å². The van der Waals surface area contributed by atoms with Gasteiger partial charge in [0.15, 0.2) is 0 Å². The highest BCUT2D eigenvalue weighted by Gasteiger charge is 2.15. The first kappa shape index (κ1) is 32.3. The van der Waals surface area contributed by atoms with E-state index in [-0.39, 0.29) is 0 Å². The van der Waals surface area contributed by atoms with E-state index in [1.165, 1.54) is 0 Å². The first-order valence-electron chi connectivity index (χ1n) is 11.5. The van der Waals surface area contributed by atoms with E-state index in [1.54, 1.807) is 0 Å². The van der Waals surface area contributed by atoms with Gasteiger partial charge in [0.1, 0.15) is 5.60 Å². The summed E-state index contributed by atoms with van der Waals surface area (Å²) < 4.78 is 42.6. The largest absolute Gasteiger partial charge is 0.444 e. The van der Waals surface area contributed by atoms with E-state index in [0.717, 1.165) is 0 Å². The molecular formula is C21H42N4O9. The van der Waals surface area contributed by atoms with Crippen LogP contribution < -0.4 is 5.32 Å². The summed E-state index contributed by atoms with van der Waals surface area (Å²) in [7, 11) is 0. The zero-order valence-corrected chi connectivity index (χ0v) is 20.8. The normalized spacial score (nSPS) is 11.3. The summed E-state index contributed by atoms with van der Waals surface area (Å²) in [5, 5.41) is 5.98.